The van der Waals surface area contributed by atoms with Crippen LogP contribution in [-0.4, -0.2) is 59.5 Å². The molecule has 6 rings (SSSR count). The third-order valence-corrected chi connectivity index (χ3v) is 6.95. The van der Waals surface area contributed by atoms with E-state index in [1.54, 1.807) is 22.0 Å². The Morgan fingerprint density at radius 1 is 1.24 bits per heavy atom. The first-order chi connectivity index (χ1) is 17.9. The fourth-order valence-electron chi connectivity index (χ4n) is 4.79. The molecule has 1 saturated heterocycles. The van der Waals surface area contributed by atoms with Crippen LogP contribution in [0.15, 0.2) is 42.9 Å². The molecule has 1 atom stereocenters. The zero-order chi connectivity index (χ0) is 25.7. The number of rotatable bonds is 8. The van der Waals surface area contributed by atoms with Gasteiger partial charge in [0.05, 0.1) is 31.5 Å². The molecular formula is C27H31N7O3. The highest BCUT2D eigenvalue weighted by molar-refractivity contribution is 6.10. The van der Waals surface area contributed by atoms with E-state index in [9.17, 15) is 9.90 Å². The lowest BCUT2D eigenvalue weighted by molar-refractivity contribution is -0.118. The Bertz CT molecular complexity index is 1470. The van der Waals surface area contributed by atoms with Gasteiger partial charge in [0.15, 0.2) is 11.6 Å². The molecule has 37 heavy (non-hydrogen) atoms. The van der Waals surface area contributed by atoms with Gasteiger partial charge in [-0.2, -0.15) is 15.1 Å². The fourth-order valence-corrected chi connectivity index (χ4v) is 4.79. The number of anilines is 2. The standard InChI is InChI=1S/C27H31N7O3/c1-16(2)33-14-23(26(36)18-4-5-18)22-10-20(6-7-24(22)33)29-27-28-9-8-25(30-27)34-12-19(17(3)31-34)11-32-13-21(35)15-37-32/h6-10,12,14,16,18,21,35H,4-5,11,13,15H2,1-3H3,(H,28,29,30)/t21-/m0/s1. The number of benzene rings is 1. The number of aromatic nitrogens is 5. The lowest BCUT2D eigenvalue weighted by atomic mass is 10.1. The summed E-state index contributed by atoms with van der Waals surface area (Å²) in [5, 5.41) is 20.3. The summed E-state index contributed by atoms with van der Waals surface area (Å²) in [6.45, 7) is 7.53. The minimum Gasteiger partial charge on any atom is -0.389 e. The van der Waals surface area contributed by atoms with Crippen molar-refractivity contribution in [2.45, 2.75) is 52.3 Å². The van der Waals surface area contributed by atoms with Crippen molar-refractivity contribution in [3.8, 4) is 5.82 Å². The molecule has 2 fully saturated rings. The molecule has 0 unspecified atom stereocenters. The van der Waals surface area contributed by atoms with Gasteiger partial charge in [-0.05, 0) is 51.8 Å². The molecule has 4 heterocycles. The average Bonchev–Trinajstić information content (AvgIpc) is 3.40. The Labute approximate surface area is 214 Å². The second-order valence-corrected chi connectivity index (χ2v) is 10.2. The number of aryl methyl sites for hydroxylation is 1. The average molecular weight is 502 g/mol. The van der Waals surface area contributed by atoms with Gasteiger partial charge in [0.1, 0.15) is 0 Å². The molecule has 2 aliphatic rings. The number of carbonyl (C=O) groups is 1. The highest BCUT2D eigenvalue weighted by atomic mass is 16.7. The largest absolute Gasteiger partial charge is 0.389 e. The van der Waals surface area contributed by atoms with E-state index in [1.807, 2.05) is 37.5 Å². The molecule has 3 aromatic heterocycles. The van der Waals surface area contributed by atoms with Gasteiger partial charge in [-0.1, -0.05) is 0 Å². The van der Waals surface area contributed by atoms with Crippen LogP contribution in [0.3, 0.4) is 0 Å². The van der Waals surface area contributed by atoms with Crippen LogP contribution >= 0.6 is 0 Å². The Morgan fingerprint density at radius 3 is 2.81 bits per heavy atom. The van der Waals surface area contributed by atoms with Gasteiger partial charge in [0, 0.05) is 64.3 Å². The molecule has 0 bridgehead atoms. The first-order valence-corrected chi connectivity index (χ1v) is 12.8. The van der Waals surface area contributed by atoms with Crippen LogP contribution in [-0.2, 0) is 11.4 Å². The summed E-state index contributed by atoms with van der Waals surface area (Å²) >= 11 is 0. The van der Waals surface area contributed by atoms with Gasteiger partial charge < -0.3 is 15.0 Å². The van der Waals surface area contributed by atoms with Crippen molar-refractivity contribution in [1.82, 2.24) is 29.4 Å². The van der Waals surface area contributed by atoms with E-state index in [0.29, 0.717) is 31.5 Å². The lowest BCUT2D eigenvalue weighted by Crippen LogP contribution is -2.20. The summed E-state index contributed by atoms with van der Waals surface area (Å²) in [4.78, 5) is 27.6. The smallest absolute Gasteiger partial charge is 0.229 e. The summed E-state index contributed by atoms with van der Waals surface area (Å²) in [5.41, 5.74) is 4.52. The van der Waals surface area contributed by atoms with E-state index in [4.69, 9.17) is 4.84 Å². The van der Waals surface area contributed by atoms with E-state index in [-0.39, 0.29) is 17.7 Å². The van der Waals surface area contributed by atoms with Gasteiger partial charge in [-0.15, -0.1) is 0 Å². The maximum Gasteiger partial charge on any atom is 0.229 e. The van der Waals surface area contributed by atoms with Crippen molar-refractivity contribution in [2.75, 3.05) is 18.5 Å². The number of aliphatic hydroxyl groups is 1. The molecule has 0 spiro atoms. The minimum atomic E-state index is -0.461. The molecule has 0 radical (unpaired) electrons. The van der Waals surface area contributed by atoms with Crippen LogP contribution in [0, 0.1) is 12.8 Å². The topological polar surface area (TPSA) is 110 Å². The predicted molar refractivity (Wildman–Crippen MR) is 139 cm³/mol. The number of nitrogens with zero attached hydrogens (tertiary/aromatic N) is 6. The second-order valence-electron chi connectivity index (χ2n) is 10.2. The summed E-state index contributed by atoms with van der Waals surface area (Å²) in [7, 11) is 0. The first kappa shape index (κ1) is 23.8. The number of β-amino-alcohol motifs (C(OH)–C–C–N with tert-alkyl or cyclic N) is 1. The number of nitrogens with one attached hydrogen (secondary N) is 1. The van der Waals surface area contributed by atoms with Crippen molar-refractivity contribution in [3.63, 3.8) is 0 Å². The molecule has 1 saturated carbocycles. The number of fused-ring (bicyclic) bond motifs is 1. The fraction of sp³-hybridized carbons (Fsp3) is 0.407. The Kier molecular flexibility index (Phi) is 6.02. The van der Waals surface area contributed by atoms with Crippen molar-refractivity contribution in [1.29, 1.82) is 0 Å². The number of carbonyl (C=O) groups excluding carboxylic acids is 1. The van der Waals surface area contributed by atoms with Crippen LogP contribution in [0.4, 0.5) is 11.6 Å². The second kappa shape index (κ2) is 9.37. The van der Waals surface area contributed by atoms with Crippen LogP contribution in [0.1, 0.15) is 54.3 Å². The molecule has 2 N–H and O–H groups in total. The van der Waals surface area contributed by atoms with Crippen molar-refractivity contribution in [3.05, 3.63) is 59.7 Å². The summed E-state index contributed by atoms with van der Waals surface area (Å²) < 4.78 is 3.89. The van der Waals surface area contributed by atoms with Crippen molar-refractivity contribution in [2.24, 2.45) is 5.92 Å². The molecule has 10 nitrogen and oxygen atoms in total. The maximum atomic E-state index is 13.0. The van der Waals surface area contributed by atoms with Gasteiger partial charge in [0.2, 0.25) is 5.95 Å². The Hall–Kier alpha value is -3.60. The Balaban J connectivity index is 1.26. The molecule has 1 aliphatic heterocycles. The zero-order valence-electron chi connectivity index (χ0n) is 21.3. The molecule has 1 aliphatic carbocycles. The van der Waals surface area contributed by atoms with E-state index in [2.05, 4.69) is 38.8 Å². The molecular weight excluding hydrogens is 470 g/mol. The van der Waals surface area contributed by atoms with Gasteiger partial charge in [-0.3, -0.25) is 9.63 Å². The third kappa shape index (κ3) is 4.75. The van der Waals surface area contributed by atoms with Crippen LogP contribution in [0.25, 0.3) is 16.7 Å². The minimum absolute atomic E-state index is 0.160. The van der Waals surface area contributed by atoms with Gasteiger partial charge in [0.25, 0.3) is 0 Å². The summed E-state index contributed by atoms with van der Waals surface area (Å²) in [6.07, 6.45) is 7.11. The van der Waals surface area contributed by atoms with Gasteiger partial charge in [-0.25, -0.2) is 9.67 Å². The SMILES string of the molecule is Cc1nn(-c2ccnc(Nc3ccc4c(c3)c(C(=O)C3CC3)cn4C(C)C)n2)cc1CN1C[C@H](O)CO1. The lowest BCUT2D eigenvalue weighted by Gasteiger charge is -2.12. The molecule has 4 aromatic rings. The van der Waals surface area contributed by atoms with Crippen LogP contribution < -0.4 is 5.32 Å². The maximum absolute atomic E-state index is 13.0. The molecule has 192 valence electrons. The number of aliphatic hydroxyl groups excluding tert-OH is 1. The van der Waals surface area contributed by atoms with E-state index in [1.165, 1.54) is 0 Å². The summed E-state index contributed by atoms with van der Waals surface area (Å²) in [6, 6.07) is 8.11. The highest BCUT2D eigenvalue weighted by Gasteiger charge is 2.32. The number of hydrogen-bond donors (Lipinski definition) is 2. The highest BCUT2D eigenvalue weighted by Crippen LogP contribution is 2.37. The monoisotopic (exact) mass is 501 g/mol. The number of ketones is 1. The number of hydroxylamine groups is 2. The third-order valence-electron chi connectivity index (χ3n) is 6.95. The van der Waals surface area contributed by atoms with Crippen LogP contribution in [0.2, 0.25) is 0 Å². The Morgan fingerprint density at radius 2 is 2.08 bits per heavy atom. The number of Topliss-reactive ketones (excluding diaryl/α,β-unsaturated/α-hetero) is 1. The zero-order valence-corrected chi connectivity index (χ0v) is 21.3. The first-order valence-electron chi connectivity index (χ1n) is 12.8. The van der Waals surface area contributed by atoms with Crippen molar-refractivity contribution >= 4 is 28.3 Å². The quantitative estimate of drug-likeness (QED) is 0.349. The normalized spacial score (nSPS) is 18.2. The molecule has 10 heteroatoms. The van der Waals surface area contributed by atoms with E-state index in [0.717, 1.165) is 46.3 Å². The molecule has 1 aromatic carbocycles. The van der Waals surface area contributed by atoms with Gasteiger partial charge >= 0.3 is 0 Å². The molecule has 0 amide bonds. The predicted octanol–water partition coefficient (Wildman–Crippen LogP) is 3.95. The van der Waals surface area contributed by atoms with Crippen LogP contribution in [0.5, 0.6) is 0 Å². The number of hydrogen-bond acceptors (Lipinski definition) is 8. The van der Waals surface area contributed by atoms with Crippen molar-refractivity contribution < 1.29 is 14.7 Å². The van der Waals surface area contributed by atoms with E-state index < -0.39 is 6.10 Å². The summed E-state index contributed by atoms with van der Waals surface area (Å²) in [5.74, 6) is 1.47. The van der Waals surface area contributed by atoms with E-state index >= 15 is 0 Å².